The van der Waals surface area contributed by atoms with Gasteiger partial charge in [-0.15, -0.1) is 0 Å². The van der Waals surface area contributed by atoms with E-state index in [2.05, 4.69) is 20.3 Å². The highest BCUT2D eigenvalue weighted by molar-refractivity contribution is 7.89. The Balaban J connectivity index is 1.60. The van der Waals surface area contributed by atoms with Crippen LogP contribution in [0.4, 0.5) is 0 Å². The molecule has 27 heavy (non-hydrogen) atoms. The molecule has 1 aliphatic heterocycles. The Hall–Kier alpha value is -1.83. The smallest absolute Gasteiger partial charge is 0.211 e. The Morgan fingerprint density at radius 3 is 2.44 bits per heavy atom. The fourth-order valence-electron chi connectivity index (χ4n) is 3.62. The maximum absolute atomic E-state index is 12.5. The van der Waals surface area contributed by atoms with Gasteiger partial charge in [-0.25, -0.2) is 13.1 Å². The number of nitrogens with zero attached hydrogens (tertiary/aromatic N) is 2. The Kier molecular flexibility index (Phi) is 6.57. The maximum atomic E-state index is 12.5. The molecule has 1 aromatic heterocycles. The average Bonchev–Trinajstić information content (AvgIpc) is 3.34. The Labute approximate surface area is 162 Å². The monoisotopic (exact) mass is 391 g/mol. The lowest BCUT2D eigenvalue weighted by Gasteiger charge is -2.28. The second-order valence-electron chi connectivity index (χ2n) is 7.07. The molecule has 6 nitrogen and oxygen atoms in total. The number of ether oxygens (including phenoxy) is 1. The van der Waals surface area contributed by atoms with Gasteiger partial charge in [0.05, 0.1) is 18.9 Å². The van der Waals surface area contributed by atoms with Crippen molar-refractivity contribution in [2.75, 3.05) is 32.5 Å². The number of benzene rings is 1. The molecule has 1 aliphatic rings. The van der Waals surface area contributed by atoms with E-state index in [4.69, 9.17) is 4.74 Å². The van der Waals surface area contributed by atoms with Crippen LogP contribution in [0.1, 0.15) is 30.1 Å². The van der Waals surface area contributed by atoms with E-state index in [9.17, 15) is 8.42 Å². The van der Waals surface area contributed by atoms with Crippen molar-refractivity contribution in [3.63, 3.8) is 0 Å². The first-order valence-electron chi connectivity index (χ1n) is 9.44. The zero-order valence-corrected chi connectivity index (χ0v) is 16.9. The van der Waals surface area contributed by atoms with E-state index >= 15 is 0 Å². The number of hydrogen-bond donors (Lipinski definition) is 1. The summed E-state index contributed by atoms with van der Waals surface area (Å²) in [7, 11) is 0.287. The number of hydrogen-bond acceptors (Lipinski definition) is 4. The number of sulfonamides is 1. The van der Waals surface area contributed by atoms with Crippen LogP contribution in [0.3, 0.4) is 0 Å². The minimum atomic E-state index is -3.34. The van der Waals surface area contributed by atoms with E-state index < -0.39 is 10.0 Å². The normalized spacial score (nSPS) is 16.5. The van der Waals surface area contributed by atoms with Gasteiger partial charge in [-0.3, -0.25) is 4.90 Å². The predicted molar refractivity (Wildman–Crippen MR) is 107 cm³/mol. The molecule has 7 heteroatoms. The first-order chi connectivity index (χ1) is 13.0. The highest BCUT2D eigenvalue weighted by Gasteiger charge is 2.26. The second-order valence-corrected chi connectivity index (χ2v) is 8.99. The fourth-order valence-corrected chi connectivity index (χ4v) is 4.68. The summed E-state index contributed by atoms with van der Waals surface area (Å²) in [5.74, 6) is 0.856. The van der Waals surface area contributed by atoms with Crippen molar-refractivity contribution in [2.45, 2.75) is 25.3 Å². The SMILES string of the molecule is COc1ccc(CCS(=O)(=O)NCC(c2cccn2C)N2CCCC2)cc1. The van der Waals surface area contributed by atoms with Gasteiger partial charge in [0.1, 0.15) is 5.75 Å². The standard InChI is InChI=1S/C20H29N3O3S/c1-22-12-5-6-19(22)20(23-13-3-4-14-23)16-21-27(24,25)15-11-17-7-9-18(26-2)10-8-17/h5-10,12,20-21H,3-4,11,13-16H2,1-2H3. The van der Waals surface area contributed by atoms with Crippen molar-refractivity contribution < 1.29 is 13.2 Å². The largest absolute Gasteiger partial charge is 0.497 e. The van der Waals surface area contributed by atoms with E-state index in [1.807, 2.05) is 43.6 Å². The lowest BCUT2D eigenvalue weighted by molar-refractivity contribution is 0.238. The van der Waals surface area contributed by atoms with Crippen molar-refractivity contribution in [1.82, 2.24) is 14.2 Å². The van der Waals surface area contributed by atoms with Crippen LogP contribution in [0, 0.1) is 0 Å². The molecule has 0 bridgehead atoms. The number of aromatic nitrogens is 1. The van der Waals surface area contributed by atoms with E-state index in [1.54, 1.807) is 7.11 Å². The summed E-state index contributed by atoms with van der Waals surface area (Å²) in [5, 5.41) is 0. The van der Waals surface area contributed by atoms with Crippen molar-refractivity contribution in [2.24, 2.45) is 7.05 Å². The molecule has 1 N–H and O–H groups in total. The molecule has 0 radical (unpaired) electrons. The van der Waals surface area contributed by atoms with Crippen LogP contribution in [-0.4, -0.2) is 50.4 Å². The van der Waals surface area contributed by atoms with Crippen LogP contribution in [-0.2, 0) is 23.5 Å². The zero-order chi connectivity index (χ0) is 19.3. The molecule has 0 saturated carbocycles. The molecule has 0 amide bonds. The van der Waals surface area contributed by atoms with Crippen LogP contribution in [0.2, 0.25) is 0 Å². The first-order valence-corrected chi connectivity index (χ1v) is 11.1. The quantitative estimate of drug-likeness (QED) is 0.713. The summed E-state index contributed by atoms with van der Waals surface area (Å²) in [4.78, 5) is 2.38. The lowest BCUT2D eigenvalue weighted by atomic mass is 10.2. The molecule has 1 atom stereocenters. The van der Waals surface area contributed by atoms with Gasteiger partial charge in [0.25, 0.3) is 0 Å². The second kappa shape index (κ2) is 8.91. The summed E-state index contributed by atoms with van der Waals surface area (Å²) in [6, 6.07) is 11.7. The van der Waals surface area contributed by atoms with Gasteiger partial charge in [-0.05, 0) is 62.2 Å². The summed E-state index contributed by atoms with van der Waals surface area (Å²) < 4.78 is 35.1. The highest BCUT2D eigenvalue weighted by atomic mass is 32.2. The molecule has 1 unspecified atom stereocenters. The minimum Gasteiger partial charge on any atom is -0.497 e. The van der Waals surface area contributed by atoms with Gasteiger partial charge in [-0.2, -0.15) is 0 Å². The Morgan fingerprint density at radius 1 is 1.15 bits per heavy atom. The number of likely N-dealkylation sites (tertiary alicyclic amines) is 1. The van der Waals surface area contributed by atoms with Crippen molar-refractivity contribution in [1.29, 1.82) is 0 Å². The molecular weight excluding hydrogens is 362 g/mol. The molecular formula is C20H29N3O3S. The molecule has 1 fully saturated rings. The number of aryl methyl sites for hydroxylation is 2. The summed E-state index contributed by atoms with van der Waals surface area (Å²) in [6.07, 6.45) is 4.84. The third-order valence-electron chi connectivity index (χ3n) is 5.22. The first kappa shape index (κ1) is 19.9. The van der Waals surface area contributed by atoms with Crippen molar-refractivity contribution in [3.05, 3.63) is 53.9 Å². The van der Waals surface area contributed by atoms with Crippen LogP contribution in [0.15, 0.2) is 42.6 Å². The Bertz CT molecular complexity index is 824. The van der Waals surface area contributed by atoms with Crippen LogP contribution in [0.5, 0.6) is 5.75 Å². The third-order valence-corrected chi connectivity index (χ3v) is 6.57. The third kappa shape index (κ3) is 5.34. The molecule has 3 rings (SSSR count). The van der Waals surface area contributed by atoms with E-state index in [-0.39, 0.29) is 11.8 Å². The van der Waals surface area contributed by atoms with Crippen LogP contribution in [0.25, 0.3) is 0 Å². The molecule has 2 aromatic rings. The lowest BCUT2D eigenvalue weighted by Crippen LogP contribution is -2.38. The summed E-state index contributed by atoms with van der Waals surface area (Å²) in [5.41, 5.74) is 2.13. The molecule has 148 valence electrons. The Morgan fingerprint density at radius 2 is 1.85 bits per heavy atom. The topological polar surface area (TPSA) is 63.6 Å². The van der Waals surface area contributed by atoms with E-state index in [0.29, 0.717) is 13.0 Å². The van der Waals surface area contributed by atoms with Gasteiger partial charge < -0.3 is 9.30 Å². The highest BCUT2D eigenvalue weighted by Crippen LogP contribution is 2.25. The summed E-state index contributed by atoms with van der Waals surface area (Å²) >= 11 is 0. The number of methoxy groups -OCH3 is 1. The maximum Gasteiger partial charge on any atom is 0.211 e. The van der Waals surface area contributed by atoms with Crippen molar-refractivity contribution >= 4 is 10.0 Å². The molecule has 0 spiro atoms. The van der Waals surface area contributed by atoms with E-state index in [0.717, 1.165) is 30.1 Å². The molecule has 1 aromatic carbocycles. The molecule has 0 aliphatic carbocycles. The van der Waals surface area contributed by atoms with Crippen LogP contribution < -0.4 is 9.46 Å². The fraction of sp³-hybridized carbons (Fsp3) is 0.500. The van der Waals surface area contributed by atoms with Gasteiger partial charge in [0.2, 0.25) is 10.0 Å². The van der Waals surface area contributed by atoms with E-state index in [1.165, 1.54) is 12.8 Å². The average molecular weight is 392 g/mol. The minimum absolute atomic E-state index is 0.0725. The summed E-state index contributed by atoms with van der Waals surface area (Å²) in [6.45, 7) is 2.44. The predicted octanol–water partition coefficient (Wildman–Crippen LogP) is 2.33. The van der Waals surface area contributed by atoms with Crippen LogP contribution >= 0.6 is 0 Å². The van der Waals surface area contributed by atoms with Gasteiger partial charge in [0, 0.05) is 25.5 Å². The molecule has 1 saturated heterocycles. The molecule has 2 heterocycles. The van der Waals surface area contributed by atoms with Crippen molar-refractivity contribution in [3.8, 4) is 5.75 Å². The number of nitrogens with one attached hydrogen (secondary N) is 1. The van der Waals surface area contributed by atoms with Gasteiger partial charge >= 0.3 is 0 Å². The zero-order valence-electron chi connectivity index (χ0n) is 16.1. The van der Waals surface area contributed by atoms with Gasteiger partial charge in [-0.1, -0.05) is 12.1 Å². The number of rotatable bonds is 9. The van der Waals surface area contributed by atoms with Gasteiger partial charge in [0.15, 0.2) is 0 Å².